The van der Waals surface area contributed by atoms with Crippen LogP contribution < -0.4 is 15.5 Å². The zero-order valence-corrected chi connectivity index (χ0v) is 26.8. The number of aryl methyl sites for hydroxylation is 1. The molecule has 228 valence electrons. The highest BCUT2D eigenvalue weighted by molar-refractivity contribution is 5.65. The van der Waals surface area contributed by atoms with Crippen LogP contribution in [-0.2, 0) is 0 Å². The van der Waals surface area contributed by atoms with Crippen LogP contribution >= 0.6 is 0 Å². The summed E-state index contributed by atoms with van der Waals surface area (Å²) in [5, 5.41) is 6.53. The van der Waals surface area contributed by atoms with Gasteiger partial charge in [0.15, 0.2) is 0 Å². The molecule has 0 radical (unpaired) electrons. The molecule has 0 aliphatic carbocycles. The van der Waals surface area contributed by atoms with E-state index in [-0.39, 0.29) is 5.82 Å². The second-order valence-corrected chi connectivity index (χ2v) is 10.5. The fourth-order valence-electron chi connectivity index (χ4n) is 3.88. The van der Waals surface area contributed by atoms with Gasteiger partial charge >= 0.3 is 0 Å². The maximum Gasteiger partial charge on any atom is 0.227 e. The van der Waals surface area contributed by atoms with Crippen LogP contribution in [-0.4, -0.2) is 23.1 Å². The number of hydrogen-bond donors (Lipinski definition) is 2. The highest BCUT2D eigenvalue weighted by Crippen LogP contribution is 2.23. The average molecular weight is 582 g/mol. The Balaban J connectivity index is 0.000000410. The molecular weight excluding hydrogens is 533 g/mol. The lowest BCUT2D eigenvalue weighted by molar-refractivity contribution is 0.627. The molecule has 0 aliphatic heterocycles. The molecule has 5 nitrogen and oxygen atoms in total. The Morgan fingerprint density at radius 2 is 1.35 bits per heavy atom. The van der Waals surface area contributed by atoms with Crippen LogP contribution in [0.1, 0.15) is 59.4 Å². The number of hydrogen-bond acceptors (Lipinski definition) is 5. The maximum atomic E-state index is 12.1. The number of aromatic nitrogens is 2. The number of allylic oxidation sites excluding steroid dienone is 2. The molecular formula is C37H48FN5. The Morgan fingerprint density at radius 3 is 1.84 bits per heavy atom. The Labute approximate surface area is 258 Å². The van der Waals surface area contributed by atoms with Gasteiger partial charge in [-0.1, -0.05) is 62.8 Å². The largest absolute Gasteiger partial charge is 0.372 e. The van der Waals surface area contributed by atoms with Crippen LogP contribution in [0.4, 0.5) is 27.4 Å². The van der Waals surface area contributed by atoms with Crippen molar-refractivity contribution < 1.29 is 4.39 Å². The summed E-state index contributed by atoms with van der Waals surface area (Å²) < 4.78 is 12.1. The van der Waals surface area contributed by atoms with E-state index in [0.29, 0.717) is 5.95 Å². The molecule has 43 heavy (non-hydrogen) atoms. The molecule has 3 aromatic carbocycles. The van der Waals surface area contributed by atoms with Crippen LogP contribution in [0.15, 0.2) is 109 Å². The molecule has 0 amide bonds. The van der Waals surface area contributed by atoms with E-state index in [9.17, 15) is 4.39 Å². The van der Waals surface area contributed by atoms with Gasteiger partial charge in [0.1, 0.15) is 5.82 Å². The van der Waals surface area contributed by atoms with E-state index >= 15 is 0 Å². The minimum absolute atomic E-state index is 0.171. The Morgan fingerprint density at radius 1 is 0.791 bits per heavy atom. The first-order valence-electron chi connectivity index (χ1n) is 15.0. The summed E-state index contributed by atoms with van der Waals surface area (Å²) in [6, 6.07) is 24.9. The van der Waals surface area contributed by atoms with Gasteiger partial charge < -0.3 is 15.5 Å². The maximum absolute atomic E-state index is 12.1. The predicted octanol–water partition coefficient (Wildman–Crippen LogP) is 10.6. The summed E-state index contributed by atoms with van der Waals surface area (Å²) in [5.41, 5.74) is 8.42. The SMILES string of the molecule is C=C(C)CC.C=C(C)Nc1ccc(-c2ccnc(Nc3ccc(N(CCC)CCC)cc3)n2)cc1.Cc1ccc(F)cc1. The zero-order chi connectivity index (χ0) is 31.6. The molecule has 0 spiro atoms. The Bertz CT molecular complexity index is 1350. The normalized spacial score (nSPS) is 9.93. The van der Waals surface area contributed by atoms with E-state index in [2.05, 4.69) is 83.7 Å². The third kappa shape index (κ3) is 13.4. The number of nitrogens with zero attached hydrogens (tertiary/aromatic N) is 3. The molecule has 0 saturated heterocycles. The molecule has 1 aromatic heterocycles. The van der Waals surface area contributed by atoms with Gasteiger partial charge in [0.25, 0.3) is 0 Å². The van der Waals surface area contributed by atoms with Gasteiger partial charge in [0.05, 0.1) is 5.69 Å². The Kier molecular flexibility index (Phi) is 15.3. The predicted molar refractivity (Wildman–Crippen MR) is 185 cm³/mol. The van der Waals surface area contributed by atoms with Crippen LogP contribution in [0.25, 0.3) is 11.3 Å². The van der Waals surface area contributed by atoms with Gasteiger partial charge in [-0.05, 0) is 94.6 Å². The van der Waals surface area contributed by atoms with Gasteiger partial charge in [0, 0.05) is 47.6 Å². The van der Waals surface area contributed by atoms with Gasteiger partial charge in [-0.15, -0.1) is 6.58 Å². The molecule has 2 N–H and O–H groups in total. The second kappa shape index (κ2) is 18.9. The standard InChI is InChI=1S/C25H31N5.C7H7F.C5H10/c1-5-17-30(18-6-2)23-13-11-22(12-14-23)28-25-26-16-15-24(29-25)20-7-9-21(10-8-20)27-19(3)4;1-6-2-4-7(8)5-3-6;1-4-5(2)3/h7-16,27H,3,5-6,17-18H2,1-2,4H3,(H,26,28,29);2-5H,1H3;2,4H2,1,3H3. The van der Waals surface area contributed by atoms with E-state index < -0.39 is 0 Å². The number of halogens is 1. The quantitative estimate of drug-likeness (QED) is 0.173. The lowest BCUT2D eigenvalue weighted by Crippen LogP contribution is -2.24. The van der Waals surface area contributed by atoms with Crippen LogP contribution in [0.5, 0.6) is 0 Å². The molecule has 6 heteroatoms. The fraction of sp³-hybridized carbons (Fsp3) is 0.297. The zero-order valence-electron chi connectivity index (χ0n) is 26.8. The molecule has 0 atom stereocenters. The summed E-state index contributed by atoms with van der Waals surface area (Å²) in [4.78, 5) is 11.5. The molecule has 4 rings (SSSR count). The van der Waals surface area contributed by atoms with Crippen molar-refractivity contribution >= 4 is 23.0 Å². The van der Waals surface area contributed by atoms with Gasteiger partial charge in [-0.2, -0.15) is 0 Å². The van der Waals surface area contributed by atoms with E-state index in [0.717, 1.165) is 66.2 Å². The highest BCUT2D eigenvalue weighted by Gasteiger charge is 2.06. The van der Waals surface area contributed by atoms with E-state index in [1.165, 1.54) is 23.4 Å². The lowest BCUT2D eigenvalue weighted by atomic mass is 10.1. The van der Waals surface area contributed by atoms with Gasteiger partial charge in [0.2, 0.25) is 5.95 Å². The van der Waals surface area contributed by atoms with Crippen LogP contribution in [0.3, 0.4) is 0 Å². The number of anilines is 4. The molecule has 4 aromatic rings. The number of nitrogens with one attached hydrogen (secondary N) is 2. The van der Waals surface area contributed by atoms with Crippen LogP contribution in [0, 0.1) is 12.7 Å². The first-order valence-corrected chi connectivity index (χ1v) is 15.0. The van der Waals surface area contributed by atoms with Gasteiger partial charge in [-0.3, -0.25) is 0 Å². The topological polar surface area (TPSA) is 53.1 Å². The third-order valence-corrected chi connectivity index (χ3v) is 6.28. The van der Waals surface area contributed by atoms with E-state index in [1.54, 1.807) is 18.3 Å². The van der Waals surface area contributed by atoms with E-state index in [1.807, 2.05) is 51.1 Å². The van der Waals surface area contributed by atoms with E-state index in [4.69, 9.17) is 0 Å². The molecule has 1 heterocycles. The van der Waals surface area contributed by atoms with Crippen molar-refractivity contribution in [2.75, 3.05) is 28.6 Å². The van der Waals surface area contributed by atoms with Crippen molar-refractivity contribution in [3.8, 4) is 11.3 Å². The summed E-state index contributed by atoms with van der Waals surface area (Å²) in [5.74, 6) is 0.416. The minimum atomic E-state index is -0.171. The van der Waals surface area contributed by atoms with Crippen molar-refractivity contribution in [2.24, 2.45) is 0 Å². The van der Waals surface area contributed by atoms with Crippen molar-refractivity contribution in [1.29, 1.82) is 0 Å². The number of benzene rings is 3. The summed E-state index contributed by atoms with van der Waals surface area (Å²) in [6.45, 7) is 22.1. The first-order chi connectivity index (χ1) is 20.6. The Hall–Kier alpha value is -4.45. The number of rotatable bonds is 11. The third-order valence-electron chi connectivity index (χ3n) is 6.28. The van der Waals surface area contributed by atoms with Crippen LogP contribution in [0.2, 0.25) is 0 Å². The summed E-state index contributed by atoms with van der Waals surface area (Å²) in [6.07, 6.45) is 5.18. The monoisotopic (exact) mass is 581 g/mol. The first kappa shape index (κ1) is 34.7. The van der Waals surface area contributed by atoms with Gasteiger partial charge in [-0.25, -0.2) is 14.4 Å². The molecule has 0 bridgehead atoms. The van der Waals surface area contributed by atoms with Crippen molar-refractivity contribution in [2.45, 2.75) is 60.8 Å². The van der Waals surface area contributed by atoms with Crippen molar-refractivity contribution in [3.63, 3.8) is 0 Å². The van der Waals surface area contributed by atoms with Crippen molar-refractivity contribution in [3.05, 3.63) is 121 Å². The smallest absolute Gasteiger partial charge is 0.227 e. The molecule has 0 saturated carbocycles. The summed E-state index contributed by atoms with van der Waals surface area (Å²) >= 11 is 0. The summed E-state index contributed by atoms with van der Waals surface area (Å²) in [7, 11) is 0. The van der Waals surface area contributed by atoms with Crippen molar-refractivity contribution in [1.82, 2.24) is 9.97 Å². The minimum Gasteiger partial charge on any atom is -0.372 e. The molecule has 0 aliphatic rings. The fourth-order valence-corrected chi connectivity index (χ4v) is 3.88. The lowest BCUT2D eigenvalue weighted by Gasteiger charge is -2.24. The average Bonchev–Trinajstić information content (AvgIpc) is 3.00. The molecule has 0 unspecified atom stereocenters. The second-order valence-electron chi connectivity index (χ2n) is 10.5. The highest BCUT2D eigenvalue weighted by atomic mass is 19.1. The molecule has 0 fully saturated rings.